The molecule has 0 aromatic carbocycles. The van der Waals surface area contributed by atoms with Crippen molar-refractivity contribution in [3.63, 3.8) is 0 Å². The zero-order valence-corrected chi connectivity index (χ0v) is 8.08. The van der Waals surface area contributed by atoms with Crippen molar-refractivity contribution in [1.29, 1.82) is 0 Å². The summed E-state index contributed by atoms with van der Waals surface area (Å²) in [5.41, 5.74) is 1.99. The Balaban J connectivity index is 2.82. The van der Waals surface area contributed by atoms with Crippen LogP contribution in [-0.2, 0) is 0 Å². The molecule has 0 spiro atoms. The maximum atomic E-state index is 4.27. The molecule has 0 saturated heterocycles. The minimum absolute atomic E-state index is 0.934. The zero-order chi connectivity index (χ0) is 7.84. The number of fused-ring (bicyclic) bond motifs is 1. The summed E-state index contributed by atoms with van der Waals surface area (Å²) in [6, 6.07) is 1.96. The van der Waals surface area contributed by atoms with Crippen LogP contribution in [0.1, 0.15) is 5.82 Å². The van der Waals surface area contributed by atoms with Gasteiger partial charge in [-0.25, -0.2) is 9.97 Å². The van der Waals surface area contributed by atoms with Gasteiger partial charge in [-0.05, 0) is 35.6 Å². The SMILES string of the molecule is Cc1nc2cc(I)ncc2[nH]1. The normalized spacial score (nSPS) is 10.7. The van der Waals surface area contributed by atoms with E-state index in [1.54, 1.807) is 6.20 Å². The van der Waals surface area contributed by atoms with Crippen LogP contribution < -0.4 is 0 Å². The van der Waals surface area contributed by atoms with Gasteiger partial charge in [-0.3, -0.25) is 0 Å². The molecular formula is C7H6IN3. The average molecular weight is 259 g/mol. The first-order valence-corrected chi connectivity index (χ1v) is 4.31. The second-order valence-corrected chi connectivity index (χ2v) is 3.45. The van der Waals surface area contributed by atoms with Gasteiger partial charge in [0.1, 0.15) is 9.53 Å². The fourth-order valence-corrected chi connectivity index (χ4v) is 1.45. The fraction of sp³-hybridized carbons (Fsp3) is 0.143. The van der Waals surface area contributed by atoms with E-state index < -0.39 is 0 Å². The number of nitrogens with zero attached hydrogens (tertiary/aromatic N) is 2. The van der Waals surface area contributed by atoms with Crippen LogP contribution in [0.25, 0.3) is 11.0 Å². The van der Waals surface area contributed by atoms with Gasteiger partial charge in [-0.15, -0.1) is 0 Å². The summed E-state index contributed by atoms with van der Waals surface area (Å²) in [7, 11) is 0. The minimum Gasteiger partial charge on any atom is -0.341 e. The lowest BCUT2D eigenvalue weighted by Gasteiger charge is -1.86. The number of pyridine rings is 1. The predicted molar refractivity (Wildman–Crippen MR) is 51.3 cm³/mol. The molecule has 0 bridgehead atoms. The number of imidazole rings is 1. The number of aromatic nitrogens is 3. The van der Waals surface area contributed by atoms with Crippen molar-refractivity contribution in [2.75, 3.05) is 0 Å². The lowest BCUT2D eigenvalue weighted by Crippen LogP contribution is -1.77. The number of aromatic amines is 1. The van der Waals surface area contributed by atoms with E-state index in [0.717, 1.165) is 20.6 Å². The van der Waals surface area contributed by atoms with Crippen molar-refractivity contribution in [3.8, 4) is 0 Å². The molecule has 0 amide bonds. The molecule has 0 atom stereocenters. The van der Waals surface area contributed by atoms with E-state index in [0.29, 0.717) is 0 Å². The van der Waals surface area contributed by atoms with Crippen LogP contribution in [0.4, 0.5) is 0 Å². The molecule has 4 heteroatoms. The van der Waals surface area contributed by atoms with Crippen molar-refractivity contribution in [3.05, 3.63) is 21.8 Å². The first-order chi connectivity index (χ1) is 5.25. The standard InChI is InChI=1S/C7H6IN3/c1-4-10-5-2-7(8)9-3-6(5)11-4/h2-3H,1H3,(H,10,11). The van der Waals surface area contributed by atoms with E-state index in [9.17, 15) is 0 Å². The first kappa shape index (κ1) is 7.02. The molecule has 0 aliphatic rings. The minimum atomic E-state index is 0.934. The molecule has 0 unspecified atom stereocenters. The lowest BCUT2D eigenvalue weighted by molar-refractivity contribution is 1.17. The summed E-state index contributed by atoms with van der Waals surface area (Å²) in [4.78, 5) is 11.5. The van der Waals surface area contributed by atoms with E-state index in [-0.39, 0.29) is 0 Å². The summed E-state index contributed by atoms with van der Waals surface area (Å²) in [6.45, 7) is 1.94. The summed E-state index contributed by atoms with van der Waals surface area (Å²) >= 11 is 2.17. The van der Waals surface area contributed by atoms with E-state index in [2.05, 4.69) is 37.5 Å². The first-order valence-electron chi connectivity index (χ1n) is 3.23. The summed E-state index contributed by atoms with van der Waals surface area (Å²) in [5.74, 6) is 0.934. The number of hydrogen-bond acceptors (Lipinski definition) is 2. The van der Waals surface area contributed by atoms with Crippen molar-refractivity contribution < 1.29 is 0 Å². The summed E-state index contributed by atoms with van der Waals surface area (Å²) in [5, 5.41) is 0. The molecule has 3 nitrogen and oxygen atoms in total. The maximum absolute atomic E-state index is 4.27. The topological polar surface area (TPSA) is 41.6 Å². The number of hydrogen-bond donors (Lipinski definition) is 1. The molecular weight excluding hydrogens is 253 g/mol. The third kappa shape index (κ3) is 1.22. The monoisotopic (exact) mass is 259 g/mol. The maximum Gasteiger partial charge on any atom is 0.104 e. The largest absolute Gasteiger partial charge is 0.341 e. The molecule has 0 radical (unpaired) electrons. The summed E-state index contributed by atoms with van der Waals surface area (Å²) in [6.07, 6.45) is 1.80. The highest BCUT2D eigenvalue weighted by Crippen LogP contribution is 2.11. The molecule has 2 heterocycles. The Hall–Kier alpha value is -0.650. The van der Waals surface area contributed by atoms with E-state index in [1.165, 1.54) is 0 Å². The molecule has 2 rings (SSSR count). The van der Waals surface area contributed by atoms with Gasteiger partial charge in [0.25, 0.3) is 0 Å². The van der Waals surface area contributed by atoms with Crippen LogP contribution in [0.3, 0.4) is 0 Å². The Morgan fingerprint density at radius 3 is 3.18 bits per heavy atom. The van der Waals surface area contributed by atoms with Gasteiger partial charge in [0, 0.05) is 0 Å². The zero-order valence-electron chi connectivity index (χ0n) is 5.93. The van der Waals surface area contributed by atoms with Crippen LogP contribution in [-0.4, -0.2) is 15.0 Å². The van der Waals surface area contributed by atoms with Gasteiger partial charge in [0.15, 0.2) is 0 Å². The van der Waals surface area contributed by atoms with Crippen LogP contribution in [0.2, 0.25) is 0 Å². The van der Waals surface area contributed by atoms with E-state index in [1.807, 2.05) is 13.0 Å². The van der Waals surface area contributed by atoms with Crippen LogP contribution >= 0.6 is 22.6 Å². The fourth-order valence-electron chi connectivity index (χ4n) is 1.01. The molecule has 0 aliphatic heterocycles. The number of aryl methyl sites for hydroxylation is 1. The second kappa shape index (κ2) is 2.44. The molecule has 56 valence electrons. The van der Waals surface area contributed by atoms with Crippen LogP contribution in [0.15, 0.2) is 12.3 Å². The predicted octanol–water partition coefficient (Wildman–Crippen LogP) is 1.87. The average Bonchev–Trinajstić information content (AvgIpc) is 2.27. The van der Waals surface area contributed by atoms with Gasteiger partial charge in [0.2, 0.25) is 0 Å². The summed E-state index contributed by atoms with van der Waals surface area (Å²) < 4.78 is 0.974. The van der Waals surface area contributed by atoms with Crippen molar-refractivity contribution in [2.24, 2.45) is 0 Å². The Labute approximate surface area is 77.4 Å². The Kier molecular flexibility index (Phi) is 1.56. The highest BCUT2D eigenvalue weighted by Gasteiger charge is 1.98. The lowest BCUT2D eigenvalue weighted by atomic mass is 10.4. The van der Waals surface area contributed by atoms with Gasteiger partial charge < -0.3 is 4.98 Å². The second-order valence-electron chi connectivity index (χ2n) is 2.35. The molecule has 2 aromatic rings. The Bertz CT molecular complexity index is 393. The molecule has 2 aromatic heterocycles. The van der Waals surface area contributed by atoms with Crippen LogP contribution in [0.5, 0.6) is 0 Å². The van der Waals surface area contributed by atoms with Gasteiger partial charge in [0.05, 0.1) is 17.2 Å². The van der Waals surface area contributed by atoms with Crippen molar-refractivity contribution in [1.82, 2.24) is 15.0 Å². The molecule has 0 saturated carbocycles. The van der Waals surface area contributed by atoms with Crippen molar-refractivity contribution >= 4 is 33.6 Å². The van der Waals surface area contributed by atoms with Gasteiger partial charge in [-0.2, -0.15) is 0 Å². The molecule has 0 fully saturated rings. The number of nitrogens with one attached hydrogen (secondary N) is 1. The number of H-pyrrole nitrogens is 1. The smallest absolute Gasteiger partial charge is 0.104 e. The van der Waals surface area contributed by atoms with E-state index >= 15 is 0 Å². The highest BCUT2D eigenvalue weighted by molar-refractivity contribution is 14.1. The third-order valence-electron chi connectivity index (χ3n) is 1.45. The van der Waals surface area contributed by atoms with Gasteiger partial charge in [-0.1, -0.05) is 0 Å². The molecule has 1 N–H and O–H groups in total. The number of halogens is 1. The molecule has 0 aliphatic carbocycles. The molecule has 11 heavy (non-hydrogen) atoms. The highest BCUT2D eigenvalue weighted by atomic mass is 127. The quantitative estimate of drug-likeness (QED) is 0.579. The van der Waals surface area contributed by atoms with Crippen LogP contribution in [0, 0.1) is 10.6 Å². The third-order valence-corrected chi connectivity index (χ3v) is 2.04. The number of rotatable bonds is 0. The van der Waals surface area contributed by atoms with Gasteiger partial charge >= 0.3 is 0 Å². The Morgan fingerprint density at radius 2 is 2.36 bits per heavy atom. The van der Waals surface area contributed by atoms with E-state index in [4.69, 9.17) is 0 Å². The Morgan fingerprint density at radius 1 is 1.55 bits per heavy atom. The van der Waals surface area contributed by atoms with Crippen molar-refractivity contribution in [2.45, 2.75) is 6.92 Å².